The Morgan fingerprint density at radius 1 is 1.19 bits per heavy atom. The molecule has 2 atom stereocenters. The van der Waals surface area contributed by atoms with E-state index in [2.05, 4.69) is 5.32 Å². The molecule has 0 aliphatic carbocycles. The number of carboxylic acid groups (broad SMARTS) is 1. The summed E-state index contributed by atoms with van der Waals surface area (Å²) in [6.45, 7) is 1.41. The van der Waals surface area contributed by atoms with Crippen molar-refractivity contribution < 1.29 is 19.5 Å². The second-order valence-electron chi connectivity index (χ2n) is 7.04. The van der Waals surface area contributed by atoms with Crippen molar-refractivity contribution >= 4 is 17.8 Å². The number of carbonyl (C=O) groups excluding carboxylic acids is 2. The first-order valence-corrected chi connectivity index (χ1v) is 9.54. The highest BCUT2D eigenvalue weighted by atomic mass is 16.4. The molecule has 148 valence electrons. The van der Waals surface area contributed by atoms with E-state index in [4.69, 9.17) is 10.8 Å². The molecule has 1 aliphatic rings. The number of nitrogens with one attached hydrogen (secondary N) is 1. The van der Waals surface area contributed by atoms with E-state index >= 15 is 0 Å². The zero-order valence-electron chi connectivity index (χ0n) is 15.6. The van der Waals surface area contributed by atoms with Gasteiger partial charge >= 0.3 is 5.97 Å². The van der Waals surface area contributed by atoms with Crippen molar-refractivity contribution in [3.8, 4) is 0 Å². The molecule has 2 amide bonds. The van der Waals surface area contributed by atoms with Gasteiger partial charge in [0, 0.05) is 19.5 Å². The second-order valence-corrected chi connectivity index (χ2v) is 7.04. The lowest BCUT2D eigenvalue weighted by molar-refractivity contribution is -0.142. The molecule has 0 spiro atoms. The second kappa shape index (κ2) is 10.7. The lowest BCUT2D eigenvalue weighted by atomic mass is 10.0. The summed E-state index contributed by atoms with van der Waals surface area (Å²) in [4.78, 5) is 37.5. The van der Waals surface area contributed by atoms with Crippen LogP contribution in [0.2, 0.25) is 0 Å². The number of unbranched alkanes of at least 4 members (excludes halogenated alkanes) is 2. The smallest absolute Gasteiger partial charge is 0.304 e. The Labute approximate surface area is 159 Å². The van der Waals surface area contributed by atoms with Crippen LogP contribution in [0.1, 0.15) is 44.1 Å². The maximum Gasteiger partial charge on any atom is 0.304 e. The van der Waals surface area contributed by atoms with Gasteiger partial charge in [-0.25, -0.2) is 0 Å². The predicted octanol–water partition coefficient (Wildman–Crippen LogP) is 1.51. The molecule has 0 aromatic heterocycles. The van der Waals surface area contributed by atoms with Crippen LogP contribution in [0, 0.1) is 5.92 Å². The SMILES string of the molecule is NCCCCCC(=O)NC[C@@H]1C[C@@H](CC(=O)O)C(=O)N1Cc1ccccc1. The number of carbonyl (C=O) groups is 3. The molecule has 1 aromatic rings. The van der Waals surface area contributed by atoms with Gasteiger partial charge in [0.05, 0.1) is 18.4 Å². The van der Waals surface area contributed by atoms with E-state index in [0.717, 1.165) is 24.8 Å². The number of rotatable bonds is 11. The van der Waals surface area contributed by atoms with Crippen LogP contribution in [0.15, 0.2) is 30.3 Å². The fraction of sp³-hybridized carbons (Fsp3) is 0.550. The van der Waals surface area contributed by atoms with Gasteiger partial charge in [-0.3, -0.25) is 14.4 Å². The minimum absolute atomic E-state index is 0.0409. The fourth-order valence-electron chi connectivity index (χ4n) is 3.46. The largest absolute Gasteiger partial charge is 0.481 e. The molecular weight excluding hydrogens is 346 g/mol. The van der Waals surface area contributed by atoms with Crippen LogP contribution in [0.5, 0.6) is 0 Å². The summed E-state index contributed by atoms with van der Waals surface area (Å²) in [6, 6.07) is 9.40. The van der Waals surface area contributed by atoms with Gasteiger partial charge in [0.2, 0.25) is 11.8 Å². The summed E-state index contributed by atoms with van der Waals surface area (Å²) in [7, 11) is 0. The third-order valence-electron chi connectivity index (χ3n) is 4.89. The van der Waals surface area contributed by atoms with Gasteiger partial charge in [-0.15, -0.1) is 0 Å². The number of likely N-dealkylation sites (tertiary alicyclic amines) is 1. The number of carboxylic acids is 1. The lowest BCUT2D eigenvalue weighted by Gasteiger charge is -2.25. The van der Waals surface area contributed by atoms with Gasteiger partial charge in [-0.2, -0.15) is 0 Å². The van der Waals surface area contributed by atoms with E-state index in [9.17, 15) is 14.4 Å². The maximum atomic E-state index is 12.7. The maximum absolute atomic E-state index is 12.7. The zero-order chi connectivity index (χ0) is 19.6. The molecule has 0 unspecified atom stereocenters. The van der Waals surface area contributed by atoms with Crippen molar-refractivity contribution in [1.82, 2.24) is 10.2 Å². The molecule has 7 nitrogen and oxygen atoms in total. The molecule has 0 bridgehead atoms. The third-order valence-corrected chi connectivity index (χ3v) is 4.89. The topological polar surface area (TPSA) is 113 Å². The van der Waals surface area contributed by atoms with E-state index in [1.807, 2.05) is 30.3 Å². The van der Waals surface area contributed by atoms with Gasteiger partial charge in [-0.05, 0) is 31.4 Å². The number of hydrogen-bond donors (Lipinski definition) is 3. The Kier molecular flexibility index (Phi) is 8.26. The van der Waals surface area contributed by atoms with Crippen LogP contribution >= 0.6 is 0 Å². The Bertz CT molecular complexity index is 635. The van der Waals surface area contributed by atoms with Crippen LogP contribution in [-0.2, 0) is 20.9 Å². The first-order chi connectivity index (χ1) is 13.0. The first-order valence-electron chi connectivity index (χ1n) is 9.54. The van der Waals surface area contributed by atoms with Crippen LogP contribution in [0.3, 0.4) is 0 Å². The van der Waals surface area contributed by atoms with Gasteiger partial charge < -0.3 is 21.1 Å². The molecule has 4 N–H and O–H groups in total. The van der Waals surface area contributed by atoms with Gasteiger partial charge in [0.1, 0.15) is 0 Å². The van der Waals surface area contributed by atoms with Crippen molar-refractivity contribution in [2.24, 2.45) is 11.7 Å². The van der Waals surface area contributed by atoms with Crippen molar-refractivity contribution in [1.29, 1.82) is 0 Å². The van der Waals surface area contributed by atoms with Crippen molar-refractivity contribution in [2.75, 3.05) is 13.1 Å². The molecule has 1 aromatic carbocycles. The molecule has 7 heteroatoms. The van der Waals surface area contributed by atoms with E-state index in [-0.39, 0.29) is 24.3 Å². The molecule has 2 rings (SSSR count). The summed E-state index contributed by atoms with van der Waals surface area (Å²) in [5.74, 6) is -1.69. The predicted molar refractivity (Wildman–Crippen MR) is 102 cm³/mol. The average Bonchev–Trinajstić information content (AvgIpc) is 2.93. The molecule has 0 saturated carbocycles. The van der Waals surface area contributed by atoms with E-state index < -0.39 is 11.9 Å². The number of benzene rings is 1. The quantitative estimate of drug-likeness (QED) is 0.508. The first kappa shape index (κ1) is 20.9. The summed E-state index contributed by atoms with van der Waals surface area (Å²) in [6.07, 6.45) is 3.35. The van der Waals surface area contributed by atoms with Crippen LogP contribution < -0.4 is 11.1 Å². The third kappa shape index (κ3) is 6.67. The number of amides is 2. The van der Waals surface area contributed by atoms with Crippen LogP contribution in [0.25, 0.3) is 0 Å². The Hall–Kier alpha value is -2.41. The van der Waals surface area contributed by atoms with E-state index in [1.54, 1.807) is 4.90 Å². The van der Waals surface area contributed by atoms with Crippen LogP contribution in [-0.4, -0.2) is 46.9 Å². The number of nitrogens with zero attached hydrogens (tertiary/aromatic N) is 1. The highest BCUT2D eigenvalue weighted by Gasteiger charge is 2.40. The van der Waals surface area contributed by atoms with E-state index in [1.165, 1.54) is 0 Å². The molecule has 27 heavy (non-hydrogen) atoms. The molecule has 1 saturated heterocycles. The lowest BCUT2D eigenvalue weighted by Crippen LogP contribution is -2.41. The normalized spacial score (nSPS) is 19.3. The molecule has 1 heterocycles. The van der Waals surface area contributed by atoms with E-state index in [0.29, 0.717) is 32.5 Å². The van der Waals surface area contributed by atoms with Gasteiger partial charge in [-0.1, -0.05) is 36.8 Å². The van der Waals surface area contributed by atoms with Crippen molar-refractivity contribution in [3.05, 3.63) is 35.9 Å². The molecule has 1 aliphatic heterocycles. The Morgan fingerprint density at radius 2 is 1.93 bits per heavy atom. The summed E-state index contributed by atoms with van der Waals surface area (Å²) < 4.78 is 0. The summed E-state index contributed by atoms with van der Waals surface area (Å²) in [5, 5.41) is 12.0. The molecular formula is C20H29N3O4. The highest BCUT2D eigenvalue weighted by molar-refractivity contribution is 5.85. The number of nitrogens with two attached hydrogens (primary N) is 1. The zero-order valence-corrected chi connectivity index (χ0v) is 15.6. The summed E-state index contributed by atoms with van der Waals surface area (Å²) >= 11 is 0. The number of aliphatic carboxylic acids is 1. The minimum atomic E-state index is -0.974. The van der Waals surface area contributed by atoms with Gasteiger partial charge in [0.25, 0.3) is 0 Å². The minimum Gasteiger partial charge on any atom is -0.481 e. The average molecular weight is 375 g/mol. The fourth-order valence-corrected chi connectivity index (χ4v) is 3.46. The standard InChI is InChI=1S/C20H29N3O4/c21-10-6-2-5-9-18(24)22-13-17-11-16(12-19(25)26)20(27)23(17)14-15-7-3-1-4-8-15/h1,3-4,7-8,16-17H,2,5-6,9-14,21H2,(H,22,24)(H,25,26)/t16-,17-/m0/s1. The Morgan fingerprint density at radius 3 is 2.59 bits per heavy atom. The van der Waals surface area contributed by atoms with Crippen LogP contribution in [0.4, 0.5) is 0 Å². The molecule has 1 fully saturated rings. The van der Waals surface area contributed by atoms with Gasteiger partial charge in [0.15, 0.2) is 0 Å². The highest BCUT2D eigenvalue weighted by Crippen LogP contribution is 2.28. The van der Waals surface area contributed by atoms with Crippen molar-refractivity contribution in [2.45, 2.75) is 51.1 Å². The summed E-state index contributed by atoms with van der Waals surface area (Å²) in [5.41, 5.74) is 6.43. The molecule has 0 radical (unpaired) electrons. The van der Waals surface area contributed by atoms with Crippen molar-refractivity contribution in [3.63, 3.8) is 0 Å². The monoisotopic (exact) mass is 375 g/mol. The Balaban J connectivity index is 1.94. The number of hydrogen-bond acceptors (Lipinski definition) is 4.